The maximum Gasteiger partial charge on any atom is 0.195 e. The van der Waals surface area contributed by atoms with Crippen molar-refractivity contribution in [1.82, 2.24) is 14.1 Å². The van der Waals surface area contributed by atoms with Crippen LogP contribution in [-0.2, 0) is 0 Å². The van der Waals surface area contributed by atoms with Gasteiger partial charge in [0.25, 0.3) is 0 Å². The van der Waals surface area contributed by atoms with Crippen molar-refractivity contribution in [2.75, 3.05) is 18.4 Å². The Morgan fingerprint density at radius 3 is 3.12 bits per heavy atom. The maximum absolute atomic E-state index is 4.31. The number of guanidine groups is 1. The summed E-state index contributed by atoms with van der Waals surface area (Å²) in [5.41, 5.74) is 3.99. The van der Waals surface area contributed by atoms with Gasteiger partial charge in [0.05, 0.1) is 24.0 Å². The molecule has 3 rings (SSSR count). The Bertz CT molecular complexity index is 559. The highest BCUT2D eigenvalue weighted by molar-refractivity contribution is 7.00. The summed E-state index contributed by atoms with van der Waals surface area (Å²) in [6.45, 7) is 3.77. The highest BCUT2D eigenvalue weighted by atomic mass is 32.1. The lowest BCUT2D eigenvalue weighted by atomic mass is 10.1. The van der Waals surface area contributed by atoms with E-state index in [9.17, 15) is 0 Å². The molecule has 0 radical (unpaired) electrons. The molecule has 0 saturated carbocycles. The zero-order valence-corrected chi connectivity index (χ0v) is 9.64. The van der Waals surface area contributed by atoms with Crippen LogP contribution in [0.2, 0.25) is 0 Å². The van der Waals surface area contributed by atoms with Crippen LogP contribution in [0.3, 0.4) is 0 Å². The molecule has 0 fully saturated rings. The Morgan fingerprint density at radius 2 is 2.31 bits per heavy atom. The lowest BCUT2D eigenvalue weighted by Crippen LogP contribution is -2.26. The number of hydrogen-bond acceptors (Lipinski definition) is 6. The van der Waals surface area contributed by atoms with Gasteiger partial charge in [-0.05, 0) is 18.6 Å². The molecule has 0 spiro atoms. The van der Waals surface area contributed by atoms with Gasteiger partial charge in [0, 0.05) is 6.54 Å². The number of nitrogens with one attached hydrogen (secondary N) is 2. The van der Waals surface area contributed by atoms with Gasteiger partial charge in [-0.1, -0.05) is 6.07 Å². The number of aliphatic imine (C=N–C) groups is 1. The third-order valence-corrected chi connectivity index (χ3v) is 3.10. The first-order valence-corrected chi connectivity index (χ1v) is 5.85. The Balaban J connectivity index is 2.06. The summed E-state index contributed by atoms with van der Waals surface area (Å²) in [4.78, 5) is 4.31. The van der Waals surface area contributed by atoms with Gasteiger partial charge in [-0.2, -0.15) is 8.75 Å². The molecule has 16 heavy (non-hydrogen) atoms. The van der Waals surface area contributed by atoms with Crippen LogP contribution < -0.4 is 10.6 Å². The molecule has 0 amide bonds. The van der Waals surface area contributed by atoms with E-state index in [2.05, 4.69) is 31.3 Å². The number of aromatic nitrogens is 2. The Kier molecular flexibility index (Phi) is 2.21. The molecule has 0 saturated heterocycles. The molecule has 2 N–H and O–H groups in total. The summed E-state index contributed by atoms with van der Waals surface area (Å²) < 4.78 is 8.53. The Labute approximate surface area is 96.9 Å². The third kappa shape index (κ3) is 1.51. The summed E-state index contributed by atoms with van der Waals surface area (Å²) in [7, 11) is 0. The summed E-state index contributed by atoms with van der Waals surface area (Å²) in [5.74, 6) is 0.823. The Morgan fingerprint density at radius 1 is 1.38 bits per heavy atom. The first-order chi connectivity index (χ1) is 7.84. The fourth-order valence-electron chi connectivity index (χ4n) is 1.71. The molecule has 0 bridgehead atoms. The molecule has 0 aliphatic carbocycles. The molecule has 5 nitrogen and oxygen atoms in total. The van der Waals surface area contributed by atoms with Gasteiger partial charge in [-0.25, -0.2) is 0 Å². The van der Waals surface area contributed by atoms with Crippen LogP contribution in [0.1, 0.15) is 5.56 Å². The van der Waals surface area contributed by atoms with Gasteiger partial charge >= 0.3 is 0 Å². The second-order valence-electron chi connectivity index (χ2n) is 3.67. The van der Waals surface area contributed by atoms with Crippen molar-refractivity contribution in [2.45, 2.75) is 6.92 Å². The van der Waals surface area contributed by atoms with Crippen molar-refractivity contribution in [3.63, 3.8) is 0 Å². The van der Waals surface area contributed by atoms with Crippen LogP contribution in [0.25, 0.3) is 11.0 Å². The topological polar surface area (TPSA) is 62.2 Å². The molecule has 2 heterocycles. The first-order valence-electron chi connectivity index (χ1n) is 5.12. The first kappa shape index (κ1) is 9.53. The molecule has 1 aliphatic heterocycles. The monoisotopic (exact) mass is 233 g/mol. The summed E-state index contributed by atoms with van der Waals surface area (Å²) in [5, 5.41) is 6.46. The van der Waals surface area contributed by atoms with Crippen molar-refractivity contribution in [1.29, 1.82) is 0 Å². The van der Waals surface area contributed by atoms with Crippen molar-refractivity contribution in [3.8, 4) is 0 Å². The van der Waals surface area contributed by atoms with E-state index in [0.29, 0.717) is 0 Å². The minimum absolute atomic E-state index is 0.823. The number of aryl methyl sites for hydroxylation is 1. The predicted octanol–water partition coefficient (Wildman–Crippen LogP) is 1.37. The second kappa shape index (κ2) is 3.71. The van der Waals surface area contributed by atoms with Gasteiger partial charge in [-0.15, -0.1) is 0 Å². The molecule has 1 aliphatic rings. The Hall–Kier alpha value is -1.69. The molecular weight excluding hydrogens is 222 g/mol. The average molecular weight is 233 g/mol. The highest BCUT2D eigenvalue weighted by Crippen LogP contribution is 2.25. The van der Waals surface area contributed by atoms with E-state index < -0.39 is 0 Å². The summed E-state index contributed by atoms with van der Waals surface area (Å²) in [6, 6.07) is 4.03. The smallest absolute Gasteiger partial charge is 0.195 e. The minimum Gasteiger partial charge on any atom is -0.354 e. The molecule has 82 valence electrons. The normalized spacial score (nSPS) is 14.9. The van der Waals surface area contributed by atoms with E-state index in [1.165, 1.54) is 11.7 Å². The van der Waals surface area contributed by atoms with Crippen LogP contribution in [0.5, 0.6) is 0 Å². The van der Waals surface area contributed by atoms with Gasteiger partial charge < -0.3 is 10.6 Å². The van der Waals surface area contributed by atoms with E-state index >= 15 is 0 Å². The SMILES string of the molecule is Cc1ccc2nsnc2c1NC1=NCCN1. The van der Waals surface area contributed by atoms with Gasteiger partial charge in [0.15, 0.2) is 5.96 Å². The van der Waals surface area contributed by atoms with Crippen molar-refractivity contribution < 1.29 is 0 Å². The van der Waals surface area contributed by atoms with Crippen LogP contribution in [-0.4, -0.2) is 27.8 Å². The molecular formula is C10H11N5S. The van der Waals surface area contributed by atoms with Crippen LogP contribution in [0, 0.1) is 6.92 Å². The molecule has 1 aromatic heterocycles. The molecule has 6 heteroatoms. The largest absolute Gasteiger partial charge is 0.354 e. The average Bonchev–Trinajstić information content (AvgIpc) is 2.92. The number of fused-ring (bicyclic) bond motifs is 1. The standard InChI is InChI=1S/C10H11N5S/c1-6-2-3-7-9(15-16-14-7)8(6)13-10-11-4-5-12-10/h2-3H,4-5H2,1H3,(H2,11,12,13). The van der Waals surface area contributed by atoms with Crippen molar-refractivity contribution in [2.24, 2.45) is 4.99 Å². The minimum atomic E-state index is 0.823. The summed E-state index contributed by atoms with van der Waals surface area (Å²) in [6.07, 6.45) is 0. The van der Waals surface area contributed by atoms with E-state index in [1.54, 1.807) is 0 Å². The maximum atomic E-state index is 4.31. The second-order valence-corrected chi connectivity index (χ2v) is 4.20. The number of hydrogen-bond donors (Lipinski definition) is 2. The number of benzene rings is 1. The van der Waals surface area contributed by atoms with Crippen LogP contribution >= 0.6 is 11.7 Å². The van der Waals surface area contributed by atoms with Gasteiger partial charge in [-0.3, -0.25) is 4.99 Å². The number of rotatable bonds is 1. The summed E-state index contributed by atoms with van der Waals surface area (Å²) >= 11 is 1.23. The van der Waals surface area contributed by atoms with E-state index in [-0.39, 0.29) is 0 Å². The lowest BCUT2D eigenvalue weighted by molar-refractivity contribution is 0.959. The van der Waals surface area contributed by atoms with E-state index in [4.69, 9.17) is 0 Å². The zero-order chi connectivity index (χ0) is 11.0. The molecule has 0 atom stereocenters. The van der Waals surface area contributed by atoms with Crippen molar-refractivity contribution >= 4 is 34.4 Å². The van der Waals surface area contributed by atoms with Crippen LogP contribution in [0.4, 0.5) is 5.69 Å². The van der Waals surface area contributed by atoms with Gasteiger partial charge in [0.1, 0.15) is 11.0 Å². The number of anilines is 1. The number of nitrogens with zero attached hydrogens (tertiary/aromatic N) is 3. The third-order valence-electron chi connectivity index (χ3n) is 2.55. The molecule has 1 aromatic carbocycles. The fraction of sp³-hybridized carbons (Fsp3) is 0.300. The zero-order valence-electron chi connectivity index (χ0n) is 8.82. The van der Waals surface area contributed by atoms with Crippen LogP contribution in [0.15, 0.2) is 17.1 Å². The quantitative estimate of drug-likeness (QED) is 0.781. The molecule has 2 aromatic rings. The molecule has 0 unspecified atom stereocenters. The lowest BCUT2D eigenvalue weighted by Gasteiger charge is -2.09. The van der Waals surface area contributed by atoms with Crippen molar-refractivity contribution in [3.05, 3.63) is 17.7 Å². The van der Waals surface area contributed by atoms with E-state index in [0.717, 1.165) is 41.3 Å². The van der Waals surface area contributed by atoms with Gasteiger partial charge in [0.2, 0.25) is 0 Å². The fourth-order valence-corrected chi connectivity index (χ4v) is 2.25. The highest BCUT2D eigenvalue weighted by Gasteiger charge is 2.12. The predicted molar refractivity (Wildman–Crippen MR) is 66.1 cm³/mol. The van der Waals surface area contributed by atoms with E-state index in [1.807, 2.05) is 12.1 Å².